The molecule has 0 spiro atoms. The number of methoxy groups -OCH3 is 1. The zero-order valence-electron chi connectivity index (χ0n) is 11.3. The minimum Gasteiger partial charge on any atom is -0.465 e. The predicted octanol–water partition coefficient (Wildman–Crippen LogP) is 2.45. The second-order valence-electron chi connectivity index (χ2n) is 4.19. The number of hydrogen-bond donors (Lipinski definition) is 1. The number of thioether (sulfide) groups is 1. The van der Waals surface area contributed by atoms with E-state index in [-0.39, 0.29) is 5.97 Å². The quantitative estimate of drug-likeness (QED) is 0.529. The van der Waals surface area contributed by atoms with Gasteiger partial charge in [0.15, 0.2) is 5.16 Å². The Kier molecular flexibility index (Phi) is 4.57. The Balaban J connectivity index is 2.02. The molecule has 104 valence electrons. The highest BCUT2D eigenvalue weighted by Gasteiger charge is 2.05. The number of nitrogens with zero attached hydrogens (tertiary/aromatic N) is 2. The van der Waals surface area contributed by atoms with Gasteiger partial charge in [0, 0.05) is 17.5 Å². The van der Waals surface area contributed by atoms with E-state index in [0.29, 0.717) is 22.3 Å². The Labute approximate surface area is 121 Å². The predicted molar refractivity (Wildman–Crippen MR) is 78.5 cm³/mol. The summed E-state index contributed by atoms with van der Waals surface area (Å²) in [5.41, 5.74) is 8.14. The van der Waals surface area contributed by atoms with Crippen LogP contribution in [0, 0.1) is 6.92 Å². The average molecular weight is 289 g/mol. The maximum Gasteiger partial charge on any atom is 0.337 e. The number of esters is 1. The summed E-state index contributed by atoms with van der Waals surface area (Å²) in [5.74, 6) is 0.852. The topological polar surface area (TPSA) is 78.1 Å². The number of nitrogens with two attached hydrogens (primary N) is 1. The van der Waals surface area contributed by atoms with E-state index in [0.717, 1.165) is 11.3 Å². The van der Waals surface area contributed by atoms with Crippen LogP contribution in [0.25, 0.3) is 0 Å². The Bertz CT molecular complexity index is 594. The molecule has 0 saturated heterocycles. The van der Waals surface area contributed by atoms with Gasteiger partial charge in [-0.05, 0) is 24.6 Å². The van der Waals surface area contributed by atoms with Crippen LogP contribution in [0.3, 0.4) is 0 Å². The van der Waals surface area contributed by atoms with Crippen molar-refractivity contribution in [3.05, 3.63) is 47.2 Å². The Morgan fingerprint density at radius 1 is 1.30 bits per heavy atom. The lowest BCUT2D eigenvalue weighted by Crippen LogP contribution is -2.00. The first kappa shape index (κ1) is 14.3. The summed E-state index contributed by atoms with van der Waals surface area (Å²) in [7, 11) is 1.37. The molecule has 0 aliphatic carbocycles. The van der Waals surface area contributed by atoms with Gasteiger partial charge in [0.05, 0.1) is 12.7 Å². The molecule has 1 aromatic heterocycles. The number of carbonyl (C=O) groups is 1. The molecule has 2 aromatic rings. The van der Waals surface area contributed by atoms with Crippen molar-refractivity contribution in [3.8, 4) is 0 Å². The highest BCUT2D eigenvalue weighted by Crippen LogP contribution is 2.20. The summed E-state index contributed by atoms with van der Waals surface area (Å²) in [4.78, 5) is 19.8. The third-order valence-corrected chi connectivity index (χ3v) is 3.51. The molecule has 0 saturated carbocycles. The molecule has 1 aromatic carbocycles. The fourth-order valence-electron chi connectivity index (χ4n) is 1.63. The van der Waals surface area contributed by atoms with E-state index >= 15 is 0 Å². The molecule has 0 atom stereocenters. The summed E-state index contributed by atoms with van der Waals surface area (Å²) < 4.78 is 4.65. The van der Waals surface area contributed by atoms with Crippen molar-refractivity contribution in [2.45, 2.75) is 17.8 Å². The zero-order chi connectivity index (χ0) is 14.5. The van der Waals surface area contributed by atoms with E-state index in [4.69, 9.17) is 5.73 Å². The van der Waals surface area contributed by atoms with Gasteiger partial charge in [-0.25, -0.2) is 14.8 Å². The van der Waals surface area contributed by atoms with Crippen molar-refractivity contribution < 1.29 is 9.53 Å². The zero-order valence-corrected chi connectivity index (χ0v) is 12.1. The van der Waals surface area contributed by atoms with Crippen molar-refractivity contribution in [1.29, 1.82) is 0 Å². The fraction of sp³-hybridized carbons (Fsp3) is 0.214. The Morgan fingerprint density at radius 3 is 2.60 bits per heavy atom. The molecule has 0 fully saturated rings. The molecule has 2 rings (SSSR count). The van der Waals surface area contributed by atoms with Gasteiger partial charge in [0.1, 0.15) is 5.82 Å². The minimum absolute atomic E-state index is 0.334. The molecule has 2 N–H and O–H groups in total. The van der Waals surface area contributed by atoms with Gasteiger partial charge < -0.3 is 10.5 Å². The largest absolute Gasteiger partial charge is 0.465 e. The molecule has 6 heteroatoms. The molecule has 0 radical (unpaired) electrons. The third-order valence-electron chi connectivity index (χ3n) is 2.60. The van der Waals surface area contributed by atoms with Gasteiger partial charge in [-0.3, -0.25) is 0 Å². The lowest BCUT2D eigenvalue weighted by molar-refractivity contribution is 0.0600. The molecule has 0 amide bonds. The highest BCUT2D eigenvalue weighted by molar-refractivity contribution is 7.98. The first-order valence-electron chi connectivity index (χ1n) is 5.99. The number of carbonyl (C=O) groups excluding carboxylic acids is 1. The maximum absolute atomic E-state index is 11.3. The molecular weight excluding hydrogens is 274 g/mol. The normalized spacial score (nSPS) is 10.3. The van der Waals surface area contributed by atoms with Crippen molar-refractivity contribution in [1.82, 2.24) is 9.97 Å². The molecule has 20 heavy (non-hydrogen) atoms. The van der Waals surface area contributed by atoms with Crippen molar-refractivity contribution >= 4 is 23.5 Å². The van der Waals surface area contributed by atoms with Crippen LogP contribution in [-0.4, -0.2) is 23.0 Å². The van der Waals surface area contributed by atoms with Crippen LogP contribution < -0.4 is 5.73 Å². The number of rotatable bonds is 4. The number of anilines is 1. The van der Waals surface area contributed by atoms with E-state index in [1.807, 2.05) is 19.1 Å². The lowest BCUT2D eigenvalue weighted by atomic mass is 10.1. The summed E-state index contributed by atoms with van der Waals surface area (Å²) in [6.45, 7) is 1.88. The van der Waals surface area contributed by atoms with Gasteiger partial charge in [-0.15, -0.1) is 0 Å². The van der Waals surface area contributed by atoms with Crippen LogP contribution in [0.2, 0.25) is 0 Å². The first-order chi connectivity index (χ1) is 9.58. The summed E-state index contributed by atoms with van der Waals surface area (Å²) in [5, 5.41) is 0.652. The van der Waals surface area contributed by atoms with Crippen LogP contribution in [0.5, 0.6) is 0 Å². The van der Waals surface area contributed by atoms with E-state index < -0.39 is 0 Å². The average Bonchev–Trinajstić information content (AvgIpc) is 2.44. The van der Waals surface area contributed by atoms with E-state index in [2.05, 4.69) is 14.7 Å². The van der Waals surface area contributed by atoms with Gasteiger partial charge in [0.25, 0.3) is 0 Å². The highest BCUT2D eigenvalue weighted by atomic mass is 32.2. The second-order valence-corrected chi connectivity index (χ2v) is 5.14. The van der Waals surface area contributed by atoms with E-state index in [1.54, 1.807) is 18.2 Å². The lowest BCUT2D eigenvalue weighted by Gasteiger charge is -2.04. The number of aromatic nitrogens is 2. The molecular formula is C14H15N3O2S. The van der Waals surface area contributed by atoms with Crippen molar-refractivity contribution in [2.75, 3.05) is 12.8 Å². The number of aryl methyl sites for hydroxylation is 1. The molecule has 0 aliphatic heterocycles. The fourth-order valence-corrected chi connectivity index (χ4v) is 2.50. The molecule has 5 nitrogen and oxygen atoms in total. The van der Waals surface area contributed by atoms with Gasteiger partial charge in [-0.2, -0.15) is 0 Å². The maximum atomic E-state index is 11.3. The van der Waals surface area contributed by atoms with Crippen molar-refractivity contribution in [2.24, 2.45) is 0 Å². The van der Waals surface area contributed by atoms with Gasteiger partial charge in [0.2, 0.25) is 0 Å². The van der Waals surface area contributed by atoms with Gasteiger partial charge in [-0.1, -0.05) is 23.9 Å². The van der Waals surface area contributed by atoms with Crippen LogP contribution in [-0.2, 0) is 10.5 Å². The third kappa shape index (κ3) is 3.71. The first-order valence-corrected chi connectivity index (χ1v) is 6.98. The molecule has 0 aliphatic rings. The van der Waals surface area contributed by atoms with Crippen LogP contribution in [0.15, 0.2) is 35.5 Å². The summed E-state index contributed by atoms with van der Waals surface area (Å²) in [6, 6.07) is 8.99. The smallest absolute Gasteiger partial charge is 0.337 e. The number of nitrogen functional groups attached to an aromatic ring is 1. The minimum atomic E-state index is -0.334. The van der Waals surface area contributed by atoms with Crippen LogP contribution in [0.1, 0.15) is 21.6 Å². The SMILES string of the molecule is COC(=O)c1ccc(CSc2nc(C)cc(N)n2)cc1. The van der Waals surface area contributed by atoms with Crippen LogP contribution in [0.4, 0.5) is 5.82 Å². The standard InChI is InChI=1S/C14H15N3O2S/c1-9-7-12(15)17-14(16-9)20-8-10-3-5-11(6-4-10)13(18)19-2/h3-7H,8H2,1-2H3,(H2,15,16,17). The molecule has 1 heterocycles. The molecule has 0 unspecified atom stereocenters. The Morgan fingerprint density at radius 2 is 2.00 bits per heavy atom. The van der Waals surface area contributed by atoms with Crippen LogP contribution >= 0.6 is 11.8 Å². The second kappa shape index (κ2) is 6.38. The summed E-state index contributed by atoms with van der Waals surface area (Å²) in [6.07, 6.45) is 0. The molecule has 0 bridgehead atoms. The number of hydrogen-bond acceptors (Lipinski definition) is 6. The monoisotopic (exact) mass is 289 g/mol. The Hall–Kier alpha value is -2.08. The van der Waals surface area contributed by atoms with E-state index in [9.17, 15) is 4.79 Å². The number of benzene rings is 1. The van der Waals surface area contributed by atoms with E-state index in [1.165, 1.54) is 18.9 Å². The summed E-state index contributed by atoms with van der Waals surface area (Å²) >= 11 is 1.50. The number of ether oxygens (including phenoxy) is 1. The van der Waals surface area contributed by atoms with Gasteiger partial charge >= 0.3 is 5.97 Å². The van der Waals surface area contributed by atoms with Crippen molar-refractivity contribution in [3.63, 3.8) is 0 Å².